The molecule has 0 radical (unpaired) electrons. The van der Waals surface area contributed by atoms with E-state index in [1.54, 1.807) is 26.1 Å². The lowest BCUT2D eigenvalue weighted by Gasteiger charge is -2.46. The second-order valence-electron chi connectivity index (χ2n) is 15.1. The van der Waals surface area contributed by atoms with Crippen molar-refractivity contribution in [3.8, 4) is 11.6 Å². The number of carbonyl (C=O) groups is 2. The Morgan fingerprint density at radius 2 is 1.98 bits per heavy atom. The zero-order valence-electron chi connectivity index (χ0n) is 29.7. The lowest BCUT2D eigenvalue weighted by Crippen LogP contribution is -2.52. The van der Waals surface area contributed by atoms with E-state index in [1.165, 1.54) is 29.1 Å². The van der Waals surface area contributed by atoms with Crippen molar-refractivity contribution in [2.24, 2.45) is 29.2 Å². The van der Waals surface area contributed by atoms with Crippen LogP contribution in [0.3, 0.4) is 0 Å². The fourth-order valence-corrected chi connectivity index (χ4v) is 9.89. The van der Waals surface area contributed by atoms with Crippen molar-refractivity contribution in [2.45, 2.75) is 81.6 Å². The molecule has 1 aromatic heterocycles. The molecule has 3 aromatic rings. The first-order chi connectivity index (χ1) is 24.4. The number of nitrogens with zero attached hydrogens (tertiary/aromatic N) is 4. The van der Waals surface area contributed by atoms with Crippen LogP contribution in [0.5, 0.6) is 11.6 Å². The number of benzene rings is 2. The Bertz CT molecular complexity index is 1930. The van der Waals surface area contributed by atoms with Crippen LogP contribution >= 0.6 is 11.6 Å². The van der Waals surface area contributed by atoms with Gasteiger partial charge in [0.2, 0.25) is 5.88 Å². The van der Waals surface area contributed by atoms with Gasteiger partial charge in [-0.25, -0.2) is 0 Å². The number of aliphatic hydroxyl groups is 1. The largest absolute Gasteiger partial charge is 0.490 e. The quantitative estimate of drug-likeness (QED) is 0.304. The fourth-order valence-electron chi connectivity index (χ4n) is 8.61. The van der Waals surface area contributed by atoms with Crippen LogP contribution in [0.4, 0.5) is 5.69 Å². The maximum atomic E-state index is 14.2. The van der Waals surface area contributed by atoms with Crippen LogP contribution in [0.25, 0.3) is 0 Å². The summed E-state index contributed by atoms with van der Waals surface area (Å²) in [5.41, 5.74) is 3.49. The molecule has 13 heteroatoms. The number of rotatable bonds is 3. The number of anilines is 1. The van der Waals surface area contributed by atoms with E-state index in [9.17, 15) is 18.9 Å². The molecule has 2 aromatic carbocycles. The minimum atomic E-state index is -2.18. The van der Waals surface area contributed by atoms with Crippen LogP contribution in [0, 0.1) is 17.8 Å². The van der Waals surface area contributed by atoms with Crippen LogP contribution < -0.4 is 19.7 Å². The Labute approximate surface area is 306 Å². The van der Waals surface area contributed by atoms with Crippen molar-refractivity contribution < 1.29 is 28.4 Å². The highest BCUT2D eigenvalue weighted by Gasteiger charge is 2.44. The number of halogens is 1. The summed E-state index contributed by atoms with van der Waals surface area (Å²) < 4.78 is 31.8. The molecule has 2 aliphatic carbocycles. The minimum Gasteiger partial charge on any atom is -0.490 e. The maximum Gasteiger partial charge on any atom is 0.257 e. The summed E-state index contributed by atoms with van der Waals surface area (Å²) in [7, 11) is 0.928. The molecule has 2 aliphatic heterocycles. The molecule has 274 valence electrons. The zero-order chi connectivity index (χ0) is 36.1. The topological polar surface area (TPSA) is 135 Å². The molecule has 7 rings (SSSR count). The van der Waals surface area contributed by atoms with Gasteiger partial charge in [-0.15, -0.1) is 5.10 Å². The van der Waals surface area contributed by atoms with Crippen molar-refractivity contribution in [1.82, 2.24) is 15.1 Å². The van der Waals surface area contributed by atoms with Gasteiger partial charge >= 0.3 is 0 Å². The smallest absolute Gasteiger partial charge is 0.257 e. The molecule has 51 heavy (non-hydrogen) atoms. The molecular weight excluding hydrogens is 690 g/mol. The van der Waals surface area contributed by atoms with Crippen molar-refractivity contribution >= 4 is 39.7 Å². The van der Waals surface area contributed by atoms with E-state index in [0.29, 0.717) is 38.2 Å². The van der Waals surface area contributed by atoms with Crippen LogP contribution in [-0.2, 0) is 33.7 Å². The highest BCUT2D eigenvalue weighted by atomic mass is 35.5. The first-order valence-corrected chi connectivity index (χ1v) is 19.5. The molecular formula is C38H47ClN5O6S-. The molecule has 1 saturated carbocycles. The number of methoxy groups -OCH3 is 1. The molecule has 1 fully saturated rings. The Morgan fingerprint density at radius 3 is 2.75 bits per heavy atom. The van der Waals surface area contributed by atoms with Crippen LogP contribution in [0.1, 0.15) is 90.6 Å². The van der Waals surface area contributed by atoms with E-state index in [1.807, 2.05) is 19.1 Å². The van der Waals surface area contributed by atoms with Crippen LogP contribution in [0.15, 0.2) is 47.0 Å². The van der Waals surface area contributed by atoms with E-state index < -0.39 is 33.4 Å². The Morgan fingerprint density at radius 1 is 1.16 bits per heavy atom. The standard InChI is InChI=1S/C38H47ClN5O6S/c1-23-7-5-9-32(45)28-13-10-26(28)19-44-21-38(16-6-8-24-17-27(39)12-14-30(24)38)22-50-33-15-11-25(18-31(33)44)34(46)42-51(48)37(23,2)40-35(47)29-20-43(3)41-36(29)49-4/h11-12,14-15,17-18,20,23,26,28,32,45H,5-10,13,16,19,21-22H2,1-4H3,(H,40,47)/q-1/t23-,26-,28+,32-,37+,38-/m0/s1. The average molecular weight is 737 g/mol. The number of amides is 2. The molecule has 2 amide bonds. The molecule has 2 bridgehead atoms. The summed E-state index contributed by atoms with van der Waals surface area (Å²) in [4.78, 5) is 28.4. The summed E-state index contributed by atoms with van der Waals surface area (Å²) in [6, 6.07) is 11.5. The van der Waals surface area contributed by atoms with Gasteiger partial charge in [0.05, 0.1) is 25.5 Å². The molecule has 2 N–H and O–H groups in total. The predicted molar refractivity (Wildman–Crippen MR) is 196 cm³/mol. The van der Waals surface area contributed by atoms with Gasteiger partial charge in [0.1, 0.15) is 11.3 Å². The van der Waals surface area contributed by atoms with Crippen molar-refractivity contribution in [3.63, 3.8) is 0 Å². The molecule has 1 spiro atoms. The van der Waals surface area contributed by atoms with Gasteiger partial charge in [0.15, 0.2) is 0 Å². The molecule has 4 aliphatic rings. The molecule has 0 saturated heterocycles. The highest BCUT2D eigenvalue weighted by molar-refractivity contribution is 7.76. The van der Waals surface area contributed by atoms with Gasteiger partial charge < -0.3 is 33.4 Å². The van der Waals surface area contributed by atoms with Gasteiger partial charge in [-0.1, -0.05) is 44.4 Å². The number of aliphatic hydroxyl groups excluding tert-OH is 1. The number of hydrogen-bond acceptors (Lipinski definition) is 9. The summed E-state index contributed by atoms with van der Waals surface area (Å²) in [5, 5.41) is 19.4. The lowest BCUT2D eigenvalue weighted by molar-refractivity contribution is 0.00826. The summed E-state index contributed by atoms with van der Waals surface area (Å²) in [5.74, 6) is -0.294. The van der Waals surface area contributed by atoms with E-state index in [-0.39, 0.29) is 40.2 Å². The fraction of sp³-hybridized carbons (Fsp3) is 0.553. The minimum absolute atomic E-state index is 0.135. The number of ether oxygens (including phenoxy) is 2. The van der Waals surface area contributed by atoms with Crippen LogP contribution in [0.2, 0.25) is 5.02 Å². The highest BCUT2D eigenvalue weighted by Crippen LogP contribution is 2.47. The second kappa shape index (κ2) is 14.1. The summed E-state index contributed by atoms with van der Waals surface area (Å²) >= 11 is 6.44. The molecule has 0 unspecified atom stereocenters. The summed E-state index contributed by atoms with van der Waals surface area (Å²) in [6.45, 7) is 5.45. The van der Waals surface area contributed by atoms with Crippen molar-refractivity contribution in [2.75, 3.05) is 31.7 Å². The SMILES string of the molecule is COc1nn(C)cc1C(=O)N[C@@]1(C)[C@@H](C)CCC[C@H](O)[C@@H]2CC[C@H]2CN2C[C@@]3(CCCc4cc(Cl)ccc43)COc3ccc(cc32)C(=O)N=[S-]1=O. The monoisotopic (exact) mass is 736 g/mol. The van der Waals surface area contributed by atoms with E-state index in [2.05, 4.69) is 31.8 Å². The molecule has 3 heterocycles. The number of nitrogens with one attached hydrogen (secondary N) is 1. The number of carbonyl (C=O) groups excluding carboxylic acids is 2. The Hall–Kier alpha value is -3.61. The van der Waals surface area contributed by atoms with Gasteiger partial charge in [-0.2, -0.15) is 10.6 Å². The molecule has 6 atom stereocenters. The molecule has 11 nitrogen and oxygen atoms in total. The first kappa shape index (κ1) is 35.8. The maximum absolute atomic E-state index is 14.2. The first-order valence-electron chi connectivity index (χ1n) is 18.0. The van der Waals surface area contributed by atoms with Crippen LogP contribution in [-0.4, -0.2) is 64.5 Å². The zero-order valence-corrected chi connectivity index (χ0v) is 31.3. The average Bonchev–Trinajstić information content (AvgIpc) is 3.41. The van der Waals surface area contributed by atoms with E-state index in [4.69, 9.17) is 21.1 Å². The predicted octanol–water partition coefficient (Wildman–Crippen LogP) is 6.20. The third-order valence-electron chi connectivity index (χ3n) is 11.9. The number of aryl methyl sites for hydroxylation is 2. The normalized spacial score (nSPS) is 29.8. The Kier molecular flexibility index (Phi) is 9.88. The van der Waals surface area contributed by atoms with Crippen molar-refractivity contribution in [3.05, 3.63) is 69.9 Å². The second-order valence-corrected chi connectivity index (χ2v) is 17.1. The van der Waals surface area contributed by atoms with E-state index in [0.717, 1.165) is 49.4 Å². The van der Waals surface area contributed by atoms with Gasteiger partial charge in [0.25, 0.3) is 11.8 Å². The van der Waals surface area contributed by atoms with Gasteiger partial charge in [0, 0.05) is 47.2 Å². The van der Waals surface area contributed by atoms with E-state index >= 15 is 0 Å². The van der Waals surface area contributed by atoms with Gasteiger partial charge in [-0.3, -0.25) is 14.3 Å². The van der Waals surface area contributed by atoms with Gasteiger partial charge in [-0.05, 0) is 97.7 Å². The number of hydrogen-bond donors (Lipinski definition) is 2. The third kappa shape index (κ3) is 6.75. The Balaban J connectivity index is 1.28. The van der Waals surface area contributed by atoms with Crippen molar-refractivity contribution in [1.29, 1.82) is 0 Å². The number of fused-ring (bicyclic) bond motifs is 4. The third-order valence-corrected chi connectivity index (χ3v) is 13.7. The summed E-state index contributed by atoms with van der Waals surface area (Å²) in [6.07, 6.45) is 7.73. The number of aromatic nitrogens is 2. The lowest BCUT2D eigenvalue weighted by atomic mass is 9.68.